The number of nitrogens with one attached hydrogen (secondary N) is 1. The molecule has 1 fully saturated rings. The minimum atomic E-state index is -0.522. The smallest absolute Gasteiger partial charge is 0.407 e. The van der Waals surface area contributed by atoms with E-state index in [9.17, 15) is 9.59 Å². The first kappa shape index (κ1) is 16.8. The van der Waals surface area contributed by atoms with Gasteiger partial charge in [0, 0.05) is 30.8 Å². The van der Waals surface area contributed by atoms with Gasteiger partial charge in [0.2, 0.25) is 5.91 Å². The van der Waals surface area contributed by atoms with Gasteiger partial charge in [0.15, 0.2) is 0 Å². The van der Waals surface area contributed by atoms with Crippen LogP contribution >= 0.6 is 11.3 Å². The number of nitrogens with zero attached hydrogens (tertiary/aromatic N) is 1. The van der Waals surface area contributed by atoms with Crippen molar-refractivity contribution in [1.29, 1.82) is 0 Å². The Labute approximate surface area is 135 Å². The van der Waals surface area contributed by atoms with Gasteiger partial charge in [0.25, 0.3) is 0 Å². The van der Waals surface area contributed by atoms with E-state index in [1.165, 1.54) is 4.88 Å². The minimum absolute atomic E-state index is 0.0391. The van der Waals surface area contributed by atoms with E-state index < -0.39 is 11.7 Å². The van der Waals surface area contributed by atoms with Crippen molar-refractivity contribution in [3.8, 4) is 0 Å². The Morgan fingerprint density at radius 1 is 1.36 bits per heavy atom. The summed E-state index contributed by atoms with van der Waals surface area (Å²) in [7, 11) is 0. The third-order valence-electron chi connectivity index (χ3n) is 3.56. The van der Waals surface area contributed by atoms with Gasteiger partial charge in [-0.1, -0.05) is 6.07 Å². The fourth-order valence-electron chi connectivity index (χ4n) is 2.66. The topological polar surface area (TPSA) is 58.6 Å². The number of ether oxygens (including phenoxy) is 1. The highest BCUT2D eigenvalue weighted by atomic mass is 32.1. The molecule has 2 amide bonds. The van der Waals surface area contributed by atoms with Gasteiger partial charge >= 0.3 is 6.09 Å². The molecule has 122 valence electrons. The third-order valence-corrected chi connectivity index (χ3v) is 4.60. The highest BCUT2D eigenvalue weighted by Crippen LogP contribution is 2.30. The molecule has 1 saturated heterocycles. The van der Waals surface area contributed by atoms with Gasteiger partial charge in [-0.15, -0.1) is 11.3 Å². The molecule has 22 heavy (non-hydrogen) atoms. The standard InChI is InChI=1S/C16H24N2O3S/c1-11(19)18-9-12(14-6-5-7-22-14)8-13(10-18)17-15(20)21-16(2,3)4/h5-7,12-13H,8-10H2,1-4H3,(H,17,20). The average Bonchev–Trinajstić information content (AvgIpc) is 2.89. The van der Waals surface area contributed by atoms with E-state index in [0.717, 1.165) is 6.42 Å². The highest BCUT2D eigenvalue weighted by molar-refractivity contribution is 7.10. The quantitative estimate of drug-likeness (QED) is 0.910. The van der Waals surface area contributed by atoms with E-state index in [4.69, 9.17) is 4.74 Å². The number of alkyl carbamates (subject to hydrolysis) is 1. The Kier molecular flexibility index (Phi) is 5.11. The summed E-state index contributed by atoms with van der Waals surface area (Å²) in [6.45, 7) is 8.33. The molecule has 5 nitrogen and oxygen atoms in total. The van der Waals surface area contributed by atoms with E-state index >= 15 is 0 Å². The van der Waals surface area contributed by atoms with Crippen molar-refractivity contribution in [3.05, 3.63) is 22.4 Å². The Bertz CT molecular complexity index is 522. The van der Waals surface area contributed by atoms with Crippen LogP contribution in [0.25, 0.3) is 0 Å². The van der Waals surface area contributed by atoms with E-state index in [2.05, 4.69) is 11.4 Å². The van der Waals surface area contributed by atoms with Crippen molar-refractivity contribution in [3.63, 3.8) is 0 Å². The molecule has 0 spiro atoms. The second-order valence-corrected chi connectivity index (χ2v) is 7.69. The normalized spacial score (nSPS) is 22.3. The lowest BCUT2D eigenvalue weighted by atomic mass is 9.93. The van der Waals surface area contributed by atoms with Gasteiger partial charge in [-0.05, 0) is 38.6 Å². The molecule has 2 heterocycles. The van der Waals surface area contributed by atoms with Crippen LogP contribution in [0.3, 0.4) is 0 Å². The lowest BCUT2D eigenvalue weighted by molar-refractivity contribution is -0.130. The van der Waals surface area contributed by atoms with Crippen LogP contribution in [0.2, 0.25) is 0 Å². The largest absolute Gasteiger partial charge is 0.444 e. The fourth-order valence-corrected chi connectivity index (χ4v) is 3.50. The summed E-state index contributed by atoms with van der Waals surface area (Å²) in [5.74, 6) is 0.301. The number of thiophene rings is 1. The van der Waals surface area contributed by atoms with Crippen molar-refractivity contribution in [2.24, 2.45) is 0 Å². The molecule has 2 atom stereocenters. The van der Waals surface area contributed by atoms with E-state index in [0.29, 0.717) is 13.1 Å². The SMILES string of the molecule is CC(=O)N1CC(NC(=O)OC(C)(C)C)CC(c2cccs2)C1. The number of amides is 2. The number of rotatable bonds is 2. The van der Waals surface area contributed by atoms with E-state index in [1.54, 1.807) is 23.2 Å². The van der Waals surface area contributed by atoms with Gasteiger partial charge in [-0.3, -0.25) is 4.79 Å². The van der Waals surface area contributed by atoms with Crippen LogP contribution in [0, 0.1) is 0 Å². The molecule has 0 bridgehead atoms. The van der Waals surface area contributed by atoms with E-state index in [1.807, 2.05) is 32.2 Å². The summed E-state index contributed by atoms with van der Waals surface area (Å²) in [6.07, 6.45) is 0.400. The summed E-state index contributed by atoms with van der Waals surface area (Å²) in [6, 6.07) is 4.02. The maximum atomic E-state index is 12.0. The summed E-state index contributed by atoms with van der Waals surface area (Å²) >= 11 is 1.69. The van der Waals surface area contributed by atoms with Crippen LogP contribution < -0.4 is 5.32 Å². The third kappa shape index (κ3) is 4.73. The Morgan fingerprint density at radius 3 is 2.64 bits per heavy atom. The molecule has 1 aromatic rings. The molecule has 2 rings (SSSR count). The van der Waals surface area contributed by atoms with Crippen molar-refractivity contribution < 1.29 is 14.3 Å². The Balaban J connectivity index is 2.03. The maximum absolute atomic E-state index is 12.0. The van der Waals surface area contributed by atoms with Gasteiger partial charge in [-0.2, -0.15) is 0 Å². The lowest BCUT2D eigenvalue weighted by Crippen LogP contribution is -2.52. The lowest BCUT2D eigenvalue weighted by Gasteiger charge is -2.37. The molecule has 2 unspecified atom stereocenters. The van der Waals surface area contributed by atoms with Crippen molar-refractivity contribution >= 4 is 23.3 Å². The fraction of sp³-hybridized carbons (Fsp3) is 0.625. The molecule has 1 aliphatic rings. The Morgan fingerprint density at radius 2 is 2.09 bits per heavy atom. The van der Waals surface area contributed by atoms with Crippen LogP contribution in [0.1, 0.15) is 44.9 Å². The van der Waals surface area contributed by atoms with Crippen molar-refractivity contribution in [1.82, 2.24) is 10.2 Å². The number of carbonyl (C=O) groups excluding carboxylic acids is 2. The van der Waals surface area contributed by atoms with E-state index in [-0.39, 0.29) is 17.9 Å². The highest BCUT2D eigenvalue weighted by Gasteiger charge is 2.31. The molecule has 1 N–H and O–H groups in total. The molecule has 0 aromatic carbocycles. The number of piperidine rings is 1. The first-order valence-corrected chi connectivity index (χ1v) is 8.41. The molecule has 0 saturated carbocycles. The number of carbonyl (C=O) groups is 2. The molecule has 0 aliphatic carbocycles. The van der Waals surface area contributed by atoms with Crippen LogP contribution in [-0.2, 0) is 9.53 Å². The molecule has 6 heteroatoms. The zero-order valence-corrected chi connectivity index (χ0v) is 14.4. The molecular formula is C16H24N2O3S. The summed E-state index contributed by atoms with van der Waals surface area (Å²) in [5, 5.41) is 4.94. The second kappa shape index (κ2) is 6.69. The number of hydrogen-bond donors (Lipinski definition) is 1. The Hall–Kier alpha value is -1.56. The molecule has 1 aromatic heterocycles. The summed E-state index contributed by atoms with van der Waals surface area (Å²) in [4.78, 5) is 26.8. The van der Waals surface area contributed by atoms with Crippen LogP contribution in [-0.4, -0.2) is 41.6 Å². The predicted molar refractivity (Wildman–Crippen MR) is 87.1 cm³/mol. The summed E-state index contributed by atoms with van der Waals surface area (Å²) in [5.41, 5.74) is -0.522. The molecular weight excluding hydrogens is 300 g/mol. The predicted octanol–water partition coefficient (Wildman–Crippen LogP) is 2.98. The molecule has 0 radical (unpaired) electrons. The minimum Gasteiger partial charge on any atom is -0.444 e. The van der Waals surface area contributed by atoms with Crippen LogP contribution in [0.4, 0.5) is 4.79 Å². The molecule has 1 aliphatic heterocycles. The maximum Gasteiger partial charge on any atom is 0.407 e. The number of hydrogen-bond acceptors (Lipinski definition) is 4. The van der Waals surface area contributed by atoms with Crippen molar-refractivity contribution in [2.45, 2.75) is 51.7 Å². The second-order valence-electron chi connectivity index (χ2n) is 6.72. The van der Waals surface area contributed by atoms with Gasteiger partial charge in [-0.25, -0.2) is 4.79 Å². The van der Waals surface area contributed by atoms with Gasteiger partial charge < -0.3 is 15.0 Å². The number of likely N-dealkylation sites (tertiary alicyclic amines) is 1. The zero-order valence-electron chi connectivity index (χ0n) is 13.6. The van der Waals surface area contributed by atoms with Crippen molar-refractivity contribution in [2.75, 3.05) is 13.1 Å². The monoisotopic (exact) mass is 324 g/mol. The van der Waals surface area contributed by atoms with Crippen LogP contribution in [0.5, 0.6) is 0 Å². The first-order chi connectivity index (χ1) is 10.2. The zero-order chi connectivity index (χ0) is 16.3. The summed E-state index contributed by atoms with van der Waals surface area (Å²) < 4.78 is 5.31. The van der Waals surface area contributed by atoms with Gasteiger partial charge in [0.1, 0.15) is 5.60 Å². The average molecular weight is 324 g/mol. The van der Waals surface area contributed by atoms with Crippen LogP contribution in [0.15, 0.2) is 17.5 Å². The van der Waals surface area contributed by atoms with Gasteiger partial charge in [0.05, 0.1) is 6.04 Å². The first-order valence-electron chi connectivity index (χ1n) is 7.53.